The van der Waals surface area contributed by atoms with E-state index in [4.69, 9.17) is 34.8 Å². The zero-order chi connectivity index (χ0) is 11.1. The van der Waals surface area contributed by atoms with Crippen LogP contribution in [-0.4, -0.2) is 14.3 Å². The molecule has 2 rings (SSSR count). The molecule has 0 bridgehead atoms. The zero-order valence-corrected chi connectivity index (χ0v) is 9.72. The molecule has 15 heavy (non-hydrogen) atoms. The Balaban J connectivity index is 2.58. The Bertz CT molecular complexity index is 513. The number of fused-ring (bicyclic) bond motifs is 1. The molecule has 2 nitrogen and oxygen atoms in total. The Morgan fingerprint density at radius 3 is 2.47 bits per heavy atom. The van der Waals surface area contributed by atoms with Crippen molar-refractivity contribution in [1.29, 1.82) is 0 Å². The number of alkyl halides is 3. The summed E-state index contributed by atoms with van der Waals surface area (Å²) in [5, 5.41) is 0.931. The molecular formula is C10H6Cl3NO. The summed E-state index contributed by atoms with van der Waals surface area (Å²) in [4.78, 5) is 11.7. The third-order valence-electron chi connectivity index (χ3n) is 2.06. The molecule has 78 valence electrons. The Morgan fingerprint density at radius 1 is 1.13 bits per heavy atom. The second-order valence-electron chi connectivity index (χ2n) is 3.05. The van der Waals surface area contributed by atoms with E-state index in [2.05, 4.69) is 0 Å². The lowest BCUT2D eigenvalue weighted by molar-refractivity contribution is 0.0923. The first-order valence-corrected chi connectivity index (χ1v) is 5.31. The number of nitrogens with zero attached hydrogens (tertiary/aromatic N) is 1. The van der Waals surface area contributed by atoms with Gasteiger partial charge < -0.3 is 0 Å². The Kier molecular flexibility index (Phi) is 2.67. The fraction of sp³-hybridized carbons (Fsp3) is 0.100. The van der Waals surface area contributed by atoms with Crippen LogP contribution in [0.25, 0.3) is 10.9 Å². The number of aromatic nitrogens is 1. The number of carbonyl (C=O) groups excluding carboxylic acids is 1. The fourth-order valence-corrected chi connectivity index (χ4v) is 1.67. The van der Waals surface area contributed by atoms with Crippen LogP contribution >= 0.6 is 34.8 Å². The van der Waals surface area contributed by atoms with Crippen molar-refractivity contribution in [2.24, 2.45) is 0 Å². The smallest absolute Gasteiger partial charge is 0.283 e. The van der Waals surface area contributed by atoms with Gasteiger partial charge in [0.25, 0.3) is 9.70 Å². The van der Waals surface area contributed by atoms with Crippen molar-refractivity contribution in [3.63, 3.8) is 0 Å². The van der Waals surface area contributed by atoms with E-state index < -0.39 is 9.70 Å². The predicted octanol–water partition coefficient (Wildman–Crippen LogP) is 3.65. The molecule has 1 heterocycles. The molecule has 0 saturated heterocycles. The normalized spacial score (nSPS) is 11.9. The summed E-state index contributed by atoms with van der Waals surface area (Å²) >= 11 is 16.6. The molecule has 0 atom stereocenters. The summed E-state index contributed by atoms with van der Waals surface area (Å²) in [7, 11) is 0. The van der Waals surface area contributed by atoms with Crippen LogP contribution in [-0.2, 0) is 0 Å². The Morgan fingerprint density at radius 2 is 1.80 bits per heavy atom. The van der Waals surface area contributed by atoms with Crippen molar-refractivity contribution in [3.05, 3.63) is 36.5 Å². The molecular weight excluding hydrogens is 256 g/mol. The monoisotopic (exact) mass is 261 g/mol. The molecule has 1 aromatic heterocycles. The molecule has 0 fully saturated rings. The molecule has 0 amide bonds. The molecule has 5 heteroatoms. The second kappa shape index (κ2) is 3.71. The molecule has 1 aromatic carbocycles. The number of carbonyl (C=O) groups is 1. The minimum atomic E-state index is -1.93. The van der Waals surface area contributed by atoms with Crippen molar-refractivity contribution in [1.82, 2.24) is 4.57 Å². The van der Waals surface area contributed by atoms with Crippen LogP contribution in [0.2, 0.25) is 0 Å². The van der Waals surface area contributed by atoms with Gasteiger partial charge in [-0.1, -0.05) is 53.0 Å². The van der Waals surface area contributed by atoms with Crippen LogP contribution in [0.15, 0.2) is 36.5 Å². The Labute approximate surface area is 101 Å². The molecule has 0 spiro atoms. The molecule has 0 aliphatic heterocycles. The molecule has 0 N–H and O–H groups in total. The number of hydrogen-bond donors (Lipinski definition) is 0. The highest BCUT2D eigenvalue weighted by molar-refractivity contribution is 6.76. The standard InChI is InChI=1S/C10H6Cl3NO/c11-10(12,13)9(15)14-6-5-7-3-1-2-4-8(7)14/h1-6H. The van der Waals surface area contributed by atoms with E-state index in [9.17, 15) is 4.79 Å². The summed E-state index contributed by atoms with van der Waals surface area (Å²) in [5.41, 5.74) is 0.730. The summed E-state index contributed by atoms with van der Waals surface area (Å²) in [6.45, 7) is 0. The predicted molar refractivity (Wildman–Crippen MR) is 62.9 cm³/mol. The largest absolute Gasteiger partial charge is 0.284 e. The minimum Gasteiger partial charge on any atom is -0.284 e. The van der Waals surface area contributed by atoms with Crippen molar-refractivity contribution in [2.75, 3.05) is 0 Å². The lowest BCUT2D eigenvalue weighted by atomic mass is 10.2. The summed E-state index contributed by atoms with van der Waals surface area (Å²) in [6.07, 6.45) is 1.59. The number of halogens is 3. The van der Waals surface area contributed by atoms with E-state index in [-0.39, 0.29) is 0 Å². The maximum atomic E-state index is 11.7. The van der Waals surface area contributed by atoms with Crippen molar-refractivity contribution in [3.8, 4) is 0 Å². The minimum absolute atomic E-state index is 0.575. The lowest BCUT2D eigenvalue weighted by Crippen LogP contribution is -2.25. The van der Waals surface area contributed by atoms with Gasteiger partial charge in [-0.15, -0.1) is 0 Å². The third kappa shape index (κ3) is 1.98. The molecule has 0 saturated carbocycles. The van der Waals surface area contributed by atoms with Crippen molar-refractivity contribution < 1.29 is 4.79 Å². The third-order valence-corrected chi connectivity index (χ3v) is 2.55. The Hall–Kier alpha value is -0.700. The molecule has 2 aromatic rings. The van der Waals surface area contributed by atoms with E-state index in [1.807, 2.05) is 18.2 Å². The van der Waals surface area contributed by atoms with Gasteiger partial charge in [0, 0.05) is 11.6 Å². The maximum absolute atomic E-state index is 11.7. The summed E-state index contributed by atoms with van der Waals surface area (Å²) in [6, 6.07) is 9.18. The first-order chi connectivity index (χ1) is 7.00. The summed E-state index contributed by atoms with van der Waals surface area (Å²) < 4.78 is -0.593. The van der Waals surface area contributed by atoms with Crippen LogP contribution in [0.3, 0.4) is 0 Å². The second-order valence-corrected chi connectivity index (χ2v) is 5.33. The van der Waals surface area contributed by atoms with E-state index >= 15 is 0 Å². The quantitative estimate of drug-likeness (QED) is 0.664. The lowest BCUT2D eigenvalue weighted by Gasteiger charge is -2.10. The van der Waals surface area contributed by atoms with Gasteiger partial charge in [0.2, 0.25) is 0 Å². The SMILES string of the molecule is O=C(n1ccc2ccccc21)C(Cl)(Cl)Cl. The van der Waals surface area contributed by atoms with Gasteiger partial charge in [0.05, 0.1) is 5.52 Å². The molecule has 0 unspecified atom stereocenters. The number of hydrogen-bond acceptors (Lipinski definition) is 1. The van der Waals surface area contributed by atoms with Crippen LogP contribution in [0.5, 0.6) is 0 Å². The molecule has 0 aliphatic rings. The first-order valence-electron chi connectivity index (χ1n) is 4.18. The van der Waals surface area contributed by atoms with E-state index in [1.54, 1.807) is 18.3 Å². The fourth-order valence-electron chi connectivity index (χ4n) is 1.40. The van der Waals surface area contributed by atoms with Gasteiger partial charge in [-0.3, -0.25) is 9.36 Å². The van der Waals surface area contributed by atoms with Crippen LogP contribution in [0.1, 0.15) is 4.79 Å². The topological polar surface area (TPSA) is 22.0 Å². The maximum Gasteiger partial charge on any atom is 0.283 e. The van der Waals surface area contributed by atoms with Gasteiger partial charge in [0.15, 0.2) is 0 Å². The number of rotatable bonds is 0. The van der Waals surface area contributed by atoms with E-state index in [1.165, 1.54) is 4.57 Å². The first kappa shape index (κ1) is 10.8. The van der Waals surface area contributed by atoms with E-state index in [0.29, 0.717) is 0 Å². The van der Waals surface area contributed by atoms with Crippen LogP contribution < -0.4 is 0 Å². The van der Waals surface area contributed by atoms with Gasteiger partial charge in [0.1, 0.15) is 0 Å². The van der Waals surface area contributed by atoms with Crippen molar-refractivity contribution >= 4 is 51.6 Å². The average Bonchev–Trinajstić information content (AvgIpc) is 2.58. The highest BCUT2D eigenvalue weighted by Crippen LogP contribution is 2.29. The van der Waals surface area contributed by atoms with Gasteiger partial charge in [-0.05, 0) is 12.1 Å². The summed E-state index contributed by atoms with van der Waals surface area (Å²) in [5.74, 6) is -0.575. The molecule has 0 radical (unpaired) electrons. The number of benzene rings is 1. The van der Waals surface area contributed by atoms with Gasteiger partial charge >= 0.3 is 0 Å². The van der Waals surface area contributed by atoms with Gasteiger partial charge in [-0.2, -0.15) is 0 Å². The van der Waals surface area contributed by atoms with Crippen LogP contribution in [0.4, 0.5) is 0 Å². The average molecular weight is 263 g/mol. The van der Waals surface area contributed by atoms with Gasteiger partial charge in [-0.25, -0.2) is 0 Å². The highest BCUT2D eigenvalue weighted by atomic mass is 35.6. The van der Waals surface area contributed by atoms with Crippen LogP contribution in [0, 0.1) is 0 Å². The van der Waals surface area contributed by atoms with Crippen molar-refractivity contribution in [2.45, 2.75) is 3.79 Å². The van der Waals surface area contributed by atoms with E-state index in [0.717, 1.165) is 10.9 Å². The highest BCUT2D eigenvalue weighted by Gasteiger charge is 2.32. The number of para-hydroxylation sites is 1. The molecule has 0 aliphatic carbocycles. The zero-order valence-electron chi connectivity index (χ0n) is 7.45.